The molecular formula is C24H26N2O3. The van der Waals surface area contributed by atoms with Gasteiger partial charge in [0.05, 0.1) is 12.3 Å². The van der Waals surface area contributed by atoms with E-state index in [1.54, 1.807) is 12.1 Å². The maximum absolute atomic E-state index is 13.1. The number of carbonyl (C=O) groups is 2. The van der Waals surface area contributed by atoms with Gasteiger partial charge in [0.15, 0.2) is 5.76 Å². The second-order valence-corrected chi connectivity index (χ2v) is 7.28. The average molecular weight is 390 g/mol. The van der Waals surface area contributed by atoms with Gasteiger partial charge in [-0.15, -0.1) is 0 Å². The molecule has 5 heteroatoms. The van der Waals surface area contributed by atoms with Crippen LogP contribution in [0.3, 0.4) is 0 Å². The Labute approximate surface area is 171 Å². The molecule has 0 saturated carbocycles. The van der Waals surface area contributed by atoms with Crippen LogP contribution in [0, 0.1) is 13.8 Å². The fourth-order valence-electron chi connectivity index (χ4n) is 3.31. The molecule has 0 saturated heterocycles. The van der Waals surface area contributed by atoms with Gasteiger partial charge in [0.2, 0.25) is 5.91 Å². The normalized spacial score (nSPS) is 12.8. The summed E-state index contributed by atoms with van der Waals surface area (Å²) in [7, 11) is 0. The summed E-state index contributed by atoms with van der Waals surface area (Å²) >= 11 is 0. The van der Waals surface area contributed by atoms with Crippen molar-refractivity contribution in [2.24, 2.45) is 0 Å². The van der Waals surface area contributed by atoms with Gasteiger partial charge in [-0.05, 0) is 49.6 Å². The third-order valence-corrected chi connectivity index (χ3v) is 4.91. The molecule has 2 N–H and O–H groups in total. The Balaban J connectivity index is 1.77. The van der Waals surface area contributed by atoms with Crippen LogP contribution in [0.4, 0.5) is 0 Å². The molecule has 150 valence electrons. The van der Waals surface area contributed by atoms with Crippen LogP contribution in [0.5, 0.6) is 0 Å². The summed E-state index contributed by atoms with van der Waals surface area (Å²) < 4.78 is 5.16. The minimum Gasteiger partial charge on any atom is -0.459 e. The summed E-state index contributed by atoms with van der Waals surface area (Å²) in [5.74, 6) is -0.467. The Morgan fingerprint density at radius 3 is 2.41 bits per heavy atom. The molecule has 0 aliphatic heterocycles. The molecule has 0 aliphatic rings. The van der Waals surface area contributed by atoms with Gasteiger partial charge < -0.3 is 15.1 Å². The van der Waals surface area contributed by atoms with E-state index in [2.05, 4.69) is 22.8 Å². The highest BCUT2D eigenvalue weighted by Crippen LogP contribution is 2.19. The second-order valence-electron chi connectivity index (χ2n) is 7.28. The second kappa shape index (κ2) is 9.24. The highest BCUT2D eigenvalue weighted by atomic mass is 16.3. The quantitative estimate of drug-likeness (QED) is 0.638. The molecule has 3 aromatic rings. The first kappa shape index (κ1) is 20.4. The lowest BCUT2D eigenvalue weighted by Crippen LogP contribution is -2.48. The van der Waals surface area contributed by atoms with Gasteiger partial charge in [-0.3, -0.25) is 9.59 Å². The number of nitrogens with one attached hydrogen (secondary N) is 2. The third-order valence-electron chi connectivity index (χ3n) is 4.91. The molecule has 0 radical (unpaired) electrons. The van der Waals surface area contributed by atoms with Crippen LogP contribution in [-0.2, 0) is 11.2 Å². The lowest BCUT2D eigenvalue weighted by atomic mass is 9.99. The zero-order chi connectivity index (χ0) is 20.8. The molecule has 3 rings (SSSR count). The number of aryl methyl sites for hydroxylation is 2. The largest absolute Gasteiger partial charge is 0.459 e. The van der Waals surface area contributed by atoms with Gasteiger partial charge in [0, 0.05) is 6.42 Å². The SMILES string of the molecule is Cc1ccc(C)c(C(C)NC(=O)C(Cc2ccccc2)NC(=O)c2ccco2)c1. The van der Waals surface area contributed by atoms with Crippen LogP contribution < -0.4 is 10.6 Å². The molecule has 1 aromatic heterocycles. The molecule has 2 atom stereocenters. The lowest BCUT2D eigenvalue weighted by Gasteiger charge is -2.22. The van der Waals surface area contributed by atoms with Gasteiger partial charge in [-0.25, -0.2) is 0 Å². The molecule has 29 heavy (non-hydrogen) atoms. The van der Waals surface area contributed by atoms with E-state index in [1.807, 2.05) is 57.2 Å². The Morgan fingerprint density at radius 1 is 0.966 bits per heavy atom. The molecule has 0 fully saturated rings. The monoisotopic (exact) mass is 390 g/mol. The van der Waals surface area contributed by atoms with Crippen LogP contribution in [-0.4, -0.2) is 17.9 Å². The van der Waals surface area contributed by atoms with E-state index in [0.717, 1.165) is 22.3 Å². The first-order valence-electron chi connectivity index (χ1n) is 9.70. The summed E-state index contributed by atoms with van der Waals surface area (Å²) in [5, 5.41) is 5.86. The average Bonchev–Trinajstić information content (AvgIpc) is 3.25. The third kappa shape index (κ3) is 5.35. The fourth-order valence-corrected chi connectivity index (χ4v) is 3.31. The van der Waals surface area contributed by atoms with E-state index in [1.165, 1.54) is 6.26 Å². The molecule has 2 aromatic carbocycles. The van der Waals surface area contributed by atoms with Crippen LogP contribution in [0.1, 0.15) is 45.8 Å². The number of hydrogen-bond acceptors (Lipinski definition) is 3. The van der Waals surface area contributed by atoms with Crippen molar-refractivity contribution < 1.29 is 14.0 Å². The minimum atomic E-state index is -0.720. The fraction of sp³-hybridized carbons (Fsp3) is 0.250. The van der Waals surface area contributed by atoms with Crippen LogP contribution in [0.25, 0.3) is 0 Å². The Bertz CT molecular complexity index is 965. The van der Waals surface area contributed by atoms with Crippen molar-refractivity contribution in [2.45, 2.75) is 39.3 Å². The molecule has 0 spiro atoms. The molecule has 2 unspecified atom stereocenters. The zero-order valence-electron chi connectivity index (χ0n) is 16.9. The Morgan fingerprint density at radius 2 is 1.72 bits per heavy atom. The summed E-state index contributed by atoms with van der Waals surface area (Å²) in [5.41, 5.74) is 4.28. The van der Waals surface area contributed by atoms with Crippen molar-refractivity contribution in [1.29, 1.82) is 0 Å². The molecule has 0 aliphatic carbocycles. The van der Waals surface area contributed by atoms with E-state index in [0.29, 0.717) is 6.42 Å². The van der Waals surface area contributed by atoms with E-state index >= 15 is 0 Å². The Hall–Kier alpha value is -3.34. The summed E-state index contributed by atoms with van der Waals surface area (Å²) in [6.07, 6.45) is 1.82. The molecule has 5 nitrogen and oxygen atoms in total. The van der Waals surface area contributed by atoms with E-state index in [4.69, 9.17) is 4.42 Å². The van der Waals surface area contributed by atoms with Crippen molar-refractivity contribution in [1.82, 2.24) is 10.6 Å². The van der Waals surface area contributed by atoms with Gasteiger partial charge in [-0.2, -0.15) is 0 Å². The van der Waals surface area contributed by atoms with Gasteiger partial charge in [-0.1, -0.05) is 54.1 Å². The number of hydrogen-bond donors (Lipinski definition) is 2. The van der Waals surface area contributed by atoms with Crippen molar-refractivity contribution in [3.63, 3.8) is 0 Å². The van der Waals surface area contributed by atoms with Gasteiger partial charge in [0.25, 0.3) is 5.91 Å². The van der Waals surface area contributed by atoms with E-state index in [-0.39, 0.29) is 17.7 Å². The van der Waals surface area contributed by atoms with E-state index in [9.17, 15) is 9.59 Å². The smallest absolute Gasteiger partial charge is 0.287 e. The lowest BCUT2D eigenvalue weighted by molar-refractivity contribution is -0.123. The van der Waals surface area contributed by atoms with Crippen molar-refractivity contribution >= 4 is 11.8 Å². The first-order valence-corrected chi connectivity index (χ1v) is 9.70. The van der Waals surface area contributed by atoms with Crippen LogP contribution in [0.2, 0.25) is 0 Å². The van der Waals surface area contributed by atoms with Gasteiger partial charge in [0.1, 0.15) is 6.04 Å². The molecule has 0 bridgehead atoms. The number of carbonyl (C=O) groups excluding carboxylic acids is 2. The minimum absolute atomic E-state index is 0.179. The molecule has 1 heterocycles. The first-order chi connectivity index (χ1) is 13.9. The molecule has 2 amide bonds. The topological polar surface area (TPSA) is 71.3 Å². The summed E-state index contributed by atoms with van der Waals surface area (Å²) in [6.45, 7) is 6.00. The van der Waals surface area contributed by atoms with E-state index < -0.39 is 11.9 Å². The van der Waals surface area contributed by atoms with Crippen LogP contribution in [0.15, 0.2) is 71.3 Å². The predicted molar refractivity (Wildman–Crippen MR) is 113 cm³/mol. The van der Waals surface area contributed by atoms with Crippen molar-refractivity contribution in [3.05, 3.63) is 94.9 Å². The molecular weight excluding hydrogens is 364 g/mol. The Kier molecular flexibility index (Phi) is 6.50. The highest BCUT2D eigenvalue weighted by molar-refractivity contribution is 5.95. The van der Waals surface area contributed by atoms with Crippen LogP contribution >= 0.6 is 0 Å². The number of benzene rings is 2. The predicted octanol–water partition coefficient (Wildman–Crippen LogP) is 4.11. The summed E-state index contributed by atoms with van der Waals surface area (Å²) in [6, 6.07) is 18.1. The number of furan rings is 1. The summed E-state index contributed by atoms with van der Waals surface area (Å²) in [4.78, 5) is 25.6. The van der Waals surface area contributed by atoms with Crippen molar-refractivity contribution in [3.8, 4) is 0 Å². The van der Waals surface area contributed by atoms with Gasteiger partial charge >= 0.3 is 0 Å². The number of amides is 2. The zero-order valence-corrected chi connectivity index (χ0v) is 16.9. The standard InChI is InChI=1S/C24H26N2O3/c1-16-11-12-17(2)20(14-16)18(3)25-23(27)21(15-19-8-5-4-6-9-19)26-24(28)22-10-7-13-29-22/h4-14,18,21H,15H2,1-3H3,(H,25,27)(H,26,28). The van der Waals surface area contributed by atoms with Crippen molar-refractivity contribution in [2.75, 3.05) is 0 Å². The maximum atomic E-state index is 13.1. The maximum Gasteiger partial charge on any atom is 0.287 e. The highest BCUT2D eigenvalue weighted by Gasteiger charge is 2.24. The number of rotatable bonds is 7.